The first-order chi connectivity index (χ1) is 9.74. The first kappa shape index (κ1) is 14.1. The number of likely N-dealkylation sites (tertiary alicyclic amines) is 1. The Morgan fingerprint density at radius 1 is 1.35 bits per heavy atom. The van der Waals surface area contributed by atoms with E-state index in [1.807, 2.05) is 0 Å². The van der Waals surface area contributed by atoms with Crippen LogP contribution >= 0.6 is 0 Å². The van der Waals surface area contributed by atoms with Gasteiger partial charge in [0.15, 0.2) is 0 Å². The average molecular weight is 273 g/mol. The molecule has 1 aromatic carbocycles. The van der Waals surface area contributed by atoms with Crippen molar-refractivity contribution >= 4 is 0 Å². The number of benzene rings is 1. The summed E-state index contributed by atoms with van der Waals surface area (Å²) >= 11 is 0. The Morgan fingerprint density at radius 2 is 2.20 bits per heavy atom. The zero-order valence-electron chi connectivity index (χ0n) is 12.8. The molecule has 2 atom stereocenters. The highest BCUT2D eigenvalue weighted by Crippen LogP contribution is 2.25. The number of piperidine rings is 1. The van der Waals surface area contributed by atoms with Crippen molar-refractivity contribution < 1.29 is 0 Å². The standard InChI is InChI=1S/C17H27N3/c1-19-9-5-7-16(13-19)20(2)12-15-11-18-10-14-6-3-4-8-17(14)15/h3-4,6,8,15-16,18H,5,7,9-13H2,1-2H3. The molecule has 0 aromatic heterocycles. The van der Waals surface area contributed by atoms with Gasteiger partial charge in [0.25, 0.3) is 0 Å². The number of nitrogens with one attached hydrogen (secondary N) is 1. The monoisotopic (exact) mass is 273 g/mol. The molecular formula is C17H27N3. The molecule has 0 saturated carbocycles. The number of hydrogen-bond acceptors (Lipinski definition) is 3. The predicted molar refractivity (Wildman–Crippen MR) is 84.0 cm³/mol. The molecule has 20 heavy (non-hydrogen) atoms. The maximum Gasteiger partial charge on any atom is 0.0220 e. The molecule has 3 heteroatoms. The van der Waals surface area contributed by atoms with Crippen molar-refractivity contribution in [1.82, 2.24) is 15.1 Å². The summed E-state index contributed by atoms with van der Waals surface area (Å²) in [6.07, 6.45) is 2.69. The van der Waals surface area contributed by atoms with Crippen molar-refractivity contribution in [3.63, 3.8) is 0 Å². The van der Waals surface area contributed by atoms with Crippen LogP contribution in [-0.2, 0) is 6.54 Å². The van der Waals surface area contributed by atoms with Gasteiger partial charge in [0.2, 0.25) is 0 Å². The van der Waals surface area contributed by atoms with E-state index in [1.54, 1.807) is 5.56 Å². The van der Waals surface area contributed by atoms with E-state index in [-0.39, 0.29) is 0 Å². The van der Waals surface area contributed by atoms with Crippen LogP contribution in [0.5, 0.6) is 0 Å². The third-order valence-corrected chi connectivity index (χ3v) is 4.93. The Labute approximate surface area is 123 Å². The highest BCUT2D eigenvalue weighted by Gasteiger charge is 2.26. The predicted octanol–water partition coefficient (Wildman–Crippen LogP) is 1.90. The zero-order valence-corrected chi connectivity index (χ0v) is 12.8. The second-order valence-electron chi connectivity index (χ2n) is 6.52. The molecule has 2 unspecified atom stereocenters. The number of likely N-dealkylation sites (N-methyl/N-ethyl adjacent to an activating group) is 2. The molecule has 0 radical (unpaired) electrons. The molecule has 2 heterocycles. The molecule has 2 aliphatic heterocycles. The van der Waals surface area contributed by atoms with Crippen molar-refractivity contribution in [1.29, 1.82) is 0 Å². The number of fused-ring (bicyclic) bond motifs is 1. The van der Waals surface area contributed by atoms with Crippen LogP contribution in [0.4, 0.5) is 0 Å². The van der Waals surface area contributed by atoms with Crippen LogP contribution in [0.2, 0.25) is 0 Å². The lowest BCUT2D eigenvalue weighted by Crippen LogP contribution is -2.47. The van der Waals surface area contributed by atoms with E-state index < -0.39 is 0 Å². The van der Waals surface area contributed by atoms with E-state index in [0.717, 1.165) is 19.1 Å². The van der Waals surface area contributed by atoms with Gasteiger partial charge in [0.05, 0.1) is 0 Å². The molecule has 1 aromatic rings. The average Bonchev–Trinajstić information content (AvgIpc) is 2.47. The van der Waals surface area contributed by atoms with Gasteiger partial charge in [-0.25, -0.2) is 0 Å². The highest BCUT2D eigenvalue weighted by molar-refractivity contribution is 5.32. The van der Waals surface area contributed by atoms with Crippen LogP contribution in [0.3, 0.4) is 0 Å². The molecule has 0 aliphatic carbocycles. The third kappa shape index (κ3) is 3.05. The summed E-state index contributed by atoms with van der Waals surface area (Å²) in [5, 5.41) is 3.57. The Morgan fingerprint density at radius 3 is 3.05 bits per heavy atom. The maximum absolute atomic E-state index is 3.57. The van der Waals surface area contributed by atoms with E-state index in [2.05, 4.69) is 53.5 Å². The second-order valence-corrected chi connectivity index (χ2v) is 6.52. The molecule has 3 nitrogen and oxygen atoms in total. The molecule has 1 N–H and O–H groups in total. The highest BCUT2D eigenvalue weighted by atomic mass is 15.2. The van der Waals surface area contributed by atoms with Crippen LogP contribution in [0, 0.1) is 0 Å². The first-order valence-electron chi connectivity index (χ1n) is 7.91. The van der Waals surface area contributed by atoms with Gasteiger partial charge in [-0.2, -0.15) is 0 Å². The second kappa shape index (κ2) is 6.25. The summed E-state index contributed by atoms with van der Waals surface area (Å²) in [7, 11) is 4.55. The van der Waals surface area contributed by atoms with Gasteiger partial charge in [-0.1, -0.05) is 24.3 Å². The number of nitrogens with zero attached hydrogens (tertiary/aromatic N) is 2. The Bertz CT molecular complexity index is 446. The Hall–Kier alpha value is -0.900. The topological polar surface area (TPSA) is 18.5 Å². The zero-order chi connectivity index (χ0) is 13.9. The minimum absolute atomic E-state index is 0.636. The fourth-order valence-electron chi connectivity index (χ4n) is 3.74. The van der Waals surface area contributed by atoms with E-state index in [1.165, 1.54) is 38.0 Å². The minimum atomic E-state index is 0.636. The van der Waals surface area contributed by atoms with Crippen molar-refractivity contribution in [2.24, 2.45) is 0 Å². The smallest absolute Gasteiger partial charge is 0.0220 e. The van der Waals surface area contributed by atoms with Crippen LogP contribution < -0.4 is 5.32 Å². The van der Waals surface area contributed by atoms with E-state index >= 15 is 0 Å². The third-order valence-electron chi connectivity index (χ3n) is 4.93. The number of rotatable bonds is 3. The lowest BCUT2D eigenvalue weighted by atomic mass is 9.90. The van der Waals surface area contributed by atoms with Gasteiger partial charge in [-0.15, -0.1) is 0 Å². The summed E-state index contributed by atoms with van der Waals surface area (Å²) < 4.78 is 0. The Balaban J connectivity index is 1.66. The fourth-order valence-corrected chi connectivity index (χ4v) is 3.74. The maximum atomic E-state index is 3.57. The first-order valence-corrected chi connectivity index (χ1v) is 7.91. The Kier molecular flexibility index (Phi) is 4.39. The van der Waals surface area contributed by atoms with Crippen LogP contribution in [-0.4, -0.2) is 56.1 Å². The van der Waals surface area contributed by atoms with Crippen LogP contribution in [0.1, 0.15) is 29.9 Å². The molecule has 1 fully saturated rings. The fraction of sp³-hybridized carbons (Fsp3) is 0.647. The molecule has 110 valence electrons. The van der Waals surface area contributed by atoms with Gasteiger partial charge in [0, 0.05) is 38.1 Å². The quantitative estimate of drug-likeness (QED) is 0.907. The molecule has 0 amide bonds. The normalized spacial score (nSPS) is 27.6. The van der Waals surface area contributed by atoms with E-state index in [0.29, 0.717) is 5.92 Å². The molecule has 3 rings (SSSR count). The van der Waals surface area contributed by atoms with Crippen molar-refractivity contribution in [2.75, 3.05) is 40.3 Å². The van der Waals surface area contributed by atoms with Crippen molar-refractivity contribution in [3.8, 4) is 0 Å². The van der Waals surface area contributed by atoms with E-state index in [9.17, 15) is 0 Å². The van der Waals surface area contributed by atoms with Gasteiger partial charge in [-0.05, 0) is 44.6 Å². The van der Waals surface area contributed by atoms with Gasteiger partial charge >= 0.3 is 0 Å². The SMILES string of the molecule is CN1CCCC(N(C)CC2CNCc3ccccc32)C1. The van der Waals surface area contributed by atoms with E-state index in [4.69, 9.17) is 0 Å². The summed E-state index contributed by atoms with van der Waals surface area (Å²) in [4.78, 5) is 5.06. The van der Waals surface area contributed by atoms with Crippen molar-refractivity contribution in [3.05, 3.63) is 35.4 Å². The van der Waals surface area contributed by atoms with Crippen molar-refractivity contribution in [2.45, 2.75) is 31.3 Å². The largest absolute Gasteiger partial charge is 0.312 e. The molecule has 0 bridgehead atoms. The summed E-state index contributed by atoms with van der Waals surface area (Å²) in [5.41, 5.74) is 3.04. The summed E-state index contributed by atoms with van der Waals surface area (Å²) in [6.45, 7) is 5.80. The lowest BCUT2D eigenvalue weighted by Gasteiger charge is -2.38. The van der Waals surface area contributed by atoms with Gasteiger partial charge in [-0.3, -0.25) is 0 Å². The molecule has 1 saturated heterocycles. The lowest BCUT2D eigenvalue weighted by molar-refractivity contribution is 0.128. The van der Waals surface area contributed by atoms with Crippen LogP contribution in [0.15, 0.2) is 24.3 Å². The van der Waals surface area contributed by atoms with Crippen LogP contribution in [0.25, 0.3) is 0 Å². The summed E-state index contributed by atoms with van der Waals surface area (Å²) in [6, 6.07) is 9.65. The molecule has 2 aliphatic rings. The summed E-state index contributed by atoms with van der Waals surface area (Å²) in [5.74, 6) is 0.636. The minimum Gasteiger partial charge on any atom is -0.312 e. The number of hydrogen-bond donors (Lipinski definition) is 1. The van der Waals surface area contributed by atoms with Gasteiger partial charge < -0.3 is 15.1 Å². The molecular weight excluding hydrogens is 246 g/mol. The molecule has 0 spiro atoms. The van der Waals surface area contributed by atoms with Gasteiger partial charge in [0.1, 0.15) is 0 Å².